The van der Waals surface area contributed by atoms with Crippen molar-refractivity contribution < 1.29 is 8.42 Å². The van der Waals surface area contributed by atoms with Gasteiger partial charge in [-0.3, -0.25) is 0 Å². The summed E-state index contributed by atoms with van der Waals surface area (Å²) in [5, 5.41) is 0. The van der Waals surface area contributed by atoms with Gasteiger partial charge in [-0.2, -0.15) is 0 Å². The molecule has 114 valence electrons. The normalized spacial score (nSPS) is 16.7. The van der Waals surface area contributed by atoms with E-state index in [0.717, 1.165) is 18.4 Å². The fourth-order valence-corrected chi connectivity index (χ4v) is 3.77. The van der Waals surface area contributed by atoms with Crippen LogP contribution in [-0.2, 0) is 10.0 Å². The summed E-state index contributed by atoms with van der Waals surface area (Å²) in [6.07, 6.45) is 3.32. The van der Waals surface area contributed by atoms with E-state index >= 15 is 0 Å². The van der Waals surface area contributed by atoms with E-state index in [1.807, 2.05) is 6.92 Å². The Hall–Kier alpha value is -1.35. The van der Waals surface area contributed by atoms with Gasteiger partial charge in [0.05, 0.1) is 11.4 Å². The fourth-order valence-electron chi connectivity index (χ4n) is 2.43. The van der Waals surface area contributed by atoms with E-state index in [-0.39, 0.29) is 16.9 Å². The van der Waals surface area contributed by atoms with Crippen molar-refractivity contribution in [2.75, 3.05) is 13.1 Å². The zero-order chi connectivity index (χ0) is 15.5. The zero-order valence-corrected chi connectivity index (χ0v) is 13.4. The van der Waals surface area contributed by atoms with E-state index in [4.69, 9.17) is 5.73 Å². The smallest absolute Gasteiger partial charge is 0.241 e. The summed E-state index contributed by atoms with van der Waals surface area (Å²) in [5.74, 6) is 5.58. The molecule has 0 aliphatic heterocycles. The van der Waals surface area contributed by atoms with E-state index < -0.39 is 10.0 Å². The molecule has 0 atom stereocenters. The summed E-state index contributed by atoms with van der Waals surface area (Å²) in [7, 11) is -3.54. The van der Waals surface area contributed by atoms with Crippen LogP contribution in [0.4, 0.5) is 0 Å². The van der Waals surface area contributed by atoms with E-state index in [9.17, 15) is 8.42 Å². The Bertz CT molecular complexity index is 680. The Morgan fingerprint density at radius 3 is 2.67 bits per heavy atom. The lowest BCUT2D eigenvalue weighted by molar-refractivity contribution is 0.166. The molecular formula is C16H22N2O2S. The summed E-state index contributed by atoms with van der Waals surface area (Å²) >= 11 is 0. The molecule has 2 rings (SSSR count). The summed E-state index contributed by atoms with van der Waals surface area (Å²) in [4.78, 5) is 0.233. The number of hydrogen-bond acceptors (Lipinski definition) is 3. The van der Waals surface area contributed by atoms with Gasteiger partial charge in [-0.1, -0.05) is 31.3 Å². The van der Waals surface area contributed by atoms with Gasteiger partial charge in [-0.25, -0.2) is 13.1 Å². The lowest BCUT2D eigenvalue weighted by Gasteiger charge is -2.38. The molecule has 0 bridgehead atoms. The maximum Gasteiger partial charge on any atom is 0.241 e. The Kier molecular flexibility index (Phi) is 4.72. The SMILES string of the molecule is Cc1ccc(S(=O)(=O)NCC2(C)CCC2)c(C#CCN)c1. The van der Waals surface area contributed by atoms with Gasteiger partial charge < -0.3 is 5.73 Å². The van der Waals surface area contributed by atoms with Crippen LogP contribution in [0.25, 0.3) is 0 Å². The molecule has 1 fully saturated rings. The van der Waals surface area contributed by atoms with Gasteiger partial charge >= 0.3 is 0 Å². The molecule has 1 aliphatic carbocycles. The molecule has 5 heteroatoms. The Morgan fingerprint density at radius 2 is 2.10 bits per heavy atom. The van der Waals surface area contributed by atoms with Crippen LogP contribution in [0.5, 0.6) is 0 Å². The van der Waals surface area contributed by atoms with Crippen molar-refractivity contribution in [1.82, 2.24) is 4.72 Å². The number of nitrogens with two attached hydrogens (primary N) is 1. The predicted molar refractivity (Wildman–Crippen MR) is 84.3 cm³/mol. The average Bonchev–Trinajstić information content (AvgIpc) is 2.40. The van der Waals surface area contributed by atoms with Crippen molar-refractivity contribution in [2.24, 2.45) is 11.1 Å². The third-order valence-corrected chi connectivity index (χ3v) is 5.46. The summed E-state index contributed by atoms with van der Waals surface area (Å²) in [5.41, 5.74) is 6.95. The Morgan fingerprint density at radius 1 is 1.38 bits per heavy atom. The van der Waals surface area contributed by atoms with Gasteiger partial charge in [0, 0.05) is 12.1 Å². The number of aryl methyl sites for hydroxylation is 1. The second-order valence-corrected chi connectivity index (χ2v) is 7.73. The lowest BCUT2D eigenvalue weighted by atomic mass is 9.71. The van der Waals surface area contributed by atoms with Crippen LogP contribution >= 0.6 is 0 Å². The minimum atomic E-state index is -3.54. The molecule has 0 amide bonds. The molecule has 0 saturated heterocycles. The first-order valence-corrected chi connectivity index (χ1v) is 8.64. The zero-order valence-electron chi connectivity index (χ0n) is 12.6. The summed E-state index contributed by atoms with van der Waals surface area (Å²) in [6, 6.07) is 5.18. The van der Waals surface area contributed by atoms with E-state index in [2.05, 4.69) is 23.5 Å². The van der Waals surface area contributed by atoms with Gasteiger partial charge in [0.15, 0.2) is 0 Å². The Balaban J connectivity index is 2.26. The molecular weight excluding hydrogens is 284 g/mol. The maximum absolute atomic E-state index is 12.5. The minimum Gasteiger partial charge on any atom is -0.320 e. The predicted octanol–water partition coefficient (Wildman–Crippen LogP) is 1.77. The van der Waals surface area contributed by atoms with Crippen molar-refractivity contribution in [3.05, 3.63) is 29.3 Å². The highest BCUT2D eigenvalue weighted by Crippen LogP contribution is 2.39. The highest BCUT2D eigenvalue weighted by atomic mass is 32.2. The van der Waals surface area contributed by atoms with Gasteiger partial charge in [0.1, 0.15) is 0 Å². The minimum absolute atomic E-state index is 0.0981. The van der Waals surface area contributed by atoms with Crippen LogP contribution in [0.1, 0.15) is 37.3 Å². The van der Waals surface area contributed by atoms with Crippen LogP contribution in [-0.4, -0.2) is 21.5 Å². The maximum atomic E-state index is 12.5. The highest BCUT2D eigenvalue weighted by Gasteiger charge is 2.33. The molecule has 4 nitrogen and oxygen atoms in total. The molecule has 21 heavy (non-hydrogen) atoms. The number of sulfonamides is 1. The van der Waals surface area contributed by atoms with E-state index in [0.29, 0.717) is 12.1 Å². The molecule has 0 unspecified atom stereocenters. The standard InChI is InChI=1S/C16H22N2O2S/c1-13-6-7-15(14(11-13)5-3-10-17)21(19,20)18-12-16(2)8-4-9-16/h6-7,11,18H,4,8-10,12,17H2,1-2H3. The van der Waals surface area contributed by atoms with Crippen LogP contribution < -0.4 is 10.5 Å². The van der Waals surface area contributed by atoms with Crippen molar-refractivity contribution in [1.29, 1.82) is 0 Å². The monoisotopic (exact) mass is 306 g/mol. The number of benzene rings is 1. The first-order chi connectivity index (χ1) is 9.86. The summed E-state index contributed by atoms with van der Waals surface area (Å²) < 4.78 is 27.7. The second kappa shape index (κ2) is 6.18. The highest BCUT2D eigenvalue weighted by molar-refractivity contribution is 7.89. The molecule has 0 spiro atoms. The van der Waals surface area contributed by atoms with Crippen LogP contribution in [0.3, 0.4) is 0 Å². The number of nitrogens with one attached hydrogen (secondary N) is 1. The van der Waals surface area contributed by atoms with E-state index in [1.165, 1.54) is 6.42 Å². The third-order valence-electron chi connectivity index (χ3n) is 4.00. The van der Waals surface area contributed by atoms with Crippen molar-refractivity contribution >= 4 is 10.0 Å². The first-order valence-electron chi connectivity index (χ1n) is 7.16. The third kappa shape index (κ3) is 3.85. The molecule has 3 N–H and O–H groups in total. The largest absolute Gasteiger partial charge is 0.320 e. The van der Waals surface area contributed by atoms with E-state index in [1.54, 1.807) is 18.2 Å². The molecule has 0 aromatic heterocycles. The van der Waals surface area contributed by atoms with Crippen molar-refractivity contribution in [3.8, 4) is 11.8 Å². The van der Waals surface area contributed by atoms with Gasteiger partial charge in [-0.05, 0) is 42.9 Å². The summed E-state index contributed by atoms with van der Waals surface area (Å²) in [6.45, 7) is 4.71. The molecule has 1 aliphatic rings. The molecule has 1 aromatic rings. The molecule has 1 aromatic carbocycles. The average molecular weight is 306 g/mol. The van der Waals surface area contributed by atoms with Gasteiger partial charge in [0.2, 0.25) is 10.0 Å². The van der Waals surface area contributed by atoms with Crippen LogP contribution in [0, 0.1) is 24.2 Å². The molecule has 1 saturated carbocycles. The van der Waals surface area contributed by atoms with Gasteiger partial charge in [-0.15, -0.1) is 0 Å². The van der Waals surface area contributed by atoms with Crippen LogP contribution in [0.15, 0.2) is 23.1 Å². The lowest BCUT2D eigenvalue weighted by Crippen LogP contribution is -2.40. The van der Waals surface area contributed by atoms with Gasteiger partial charge in [0.25, 0.3) is 0 Å². The quantitative estimate of drug-likeness (QED) is 0.833. The second-order valence-electron chi connectivity index (χ2n) is 5.99. The molecule has 0 radical (unpaired) electrons. The Labute approximate surface area is 127 Å². The topological polar surface area (TPSA) is 72.2 Å². The fraction of sp³-hybridized carbons (Fsp3) is 0.500. The number of rotatable bonds is 4. The van der Waals surface area contributed by atoms with Crippen molar-refractivity contribution in [3.63, 3.8) is 0 Å². The van der Waals surface area contributed by atoms with Crippen LogP contribution in [0.2, 0.25) is 0 Å². The number of hydrogen-bond donors (Lipinski definition) is 2. The van der Waals surface area contributed by atoms with Crippen molar-refractivity contribution in [2.45, 2.75) is 38.0 Å². The first kappa shape index (κ1) is 16.0. The molecule has 0 heterocycles.